The zero-order valence-corrected chi connectivity index (χ0v) is 11.5. The number of methoxy groups -OCH3 is 1. The van der Waals surface area contributed by atoms with E-state index >= 15 is 0 Å². The standard InChI is InChI=1S/C13H21N5O/c1-12-11-17(9-10-19-2)13(16-12)14-5-3-7-18-8-4-6-15-18/h4,6,8,11H,3,5,7,9-10H2,1-2H3,(H,14,16). The van der Waals surface area contributed by atoms with Gasteiger partial charge in [0.15, 0.2) is 0 Å². The van der Waals surface area contributed by atoms with Crippen LogP contribution in [0.3, 0.4) is 0 Å². The van der Waals surface area contributed by atoms with Crippen LogP contribution in [0.1, 0.15) is 12.1 Å². The Labute approximate surface area is 113 Å². The minimum absolute atomic E-state index is 0.692. The van der Waals surface area contributed by atoms with E-state index < -0.39 is 0 Å². The number of ether oxygens (including phenoxy) is 1. The SMILES string of the molecule is COCCn1cc(C)nc1NCCCn1cccn1. The number of anilines is 1. The molecule has 0 saturated carbocycles. The Morgan fingerprint density at radius 1 is 1.37 bits per heavy atom. The number of aromatic nitrogens is 4. The van der Waals surface area contributed by atoms with Crippen LogP contribution in [-0.2, 0) is 17.8 Å². The predicted octanol–water partition coefficient (Wildman–Crippen LogP) is 1.54. The van der Waals surface area contributed by atoms with E-state index in [2.05, 4.69) is 20.0 Å². The van der Waals surface area contributed by atoms with Gasteiger partial charge in [-0.2, -0.15) is 5.10 Å². The third-order valence-electron chi connectivity index (χ3n) is 2.84. The number of hydrogen-bond donors (Lipinski definition) is 1. The molecule has 0 aromatic carbocycles. The van der Waals surface area contributed by atoms with Gasteiger partial charge >= 0.3 is 0 Å². The van der Waals surface area contributed by atoms with Crippen molar-refractivity contribution >= 4 is 5.95 Å². The van der Waals surface area contributed by atoms with Crippen LogP contribution in [0, 0.1) is 6.92 Å². The molecule has 2 rings (SSSR count). The summed E-state index contributed by atoms with van der Waals surface area (Å²) in [6.07, 6.45) is 6.82. The van der Waals surface area contributed by atoms with E-state index in [9.17, 15) is 0 Å². The smallest absolute Gasteiger partial charge is 0.203 e. The fourth-order valence-corrected chi connectivity index (χ4v) is 1.92. The third kappa shape index (κ3) is 4.10. The zero-order valence-electron chi connectivity index (χ0n) is 11.5. The molecule has 104 valence electrons. The van der Waals surface area contributed by atoms with Crippen molar-refractivity contribution in [3.8, 4) is 0 Å². The van der Waals surface area contributed by atoms with Crippen molar-refractivity contribution in [3.05, 3.63) is 30.4 Å². The first-order valence-corrected chi connectivity index (χ1v) is 6.53. The van der Waals surface area contributed by atoms with E-state index in [0.29, 0.717) is 6.61 Å². The summed E-state index contributed by atoms with van der Waals surface area (Å²) in [4.78, 5) is 4.47. The van der Waals surface area contributed by atoms with Crippen LogP contribution in [0.15, 0.2) is 24.7 Å². The number of imidazole rings is 1. The molecule has 0 bridgehead atoms. The molecule has 6 heteroatoms. The zero-order chi connectivity index (χ0) is 13.5. The average molecular weight is 263 g/mol. The lowest BCUT2D eigenvalue weighted by Gasteiger charge is -2.09. The summed E-state index contributed by atoms with van der Waals surface area (Å²) >= 11 is 0. The molecular weight excluding hydrogens is 242 g/mol. The van der Waals surface area contributed by atoms with Gasteiger partial charge in [0.1, 0.15) is 0 Å². The van der Waals surface area contributed by atoms with Crippen LogP contribution < -0.4 is 5.32 Å². The van der Waals surface area contributed by atoms with Crippen LogP contribution >= 0.6 is 0 Å². The topological polar surface area (TPSA) is 56.9 Å². The second-order valence-corrected chi connectivity index (χ2v) is 4.44. The van der Waals surface area contributed by atoms with Crippen molar-refractivity contribution in [1.29, 1.82) is 0 Å². The molecule has 0 saturated heterocycles. The highest BCUT2D eigenvalue weighted by Gasteiger charge is 2.04. The molecule has 0 radical (unpaired) electrons. The maximum absolute atomic E-state index is 5.10. The van der Waals surface area contributed by atoms with Gasteiger partial charge in [0, 0.05) is 45.3 Å². The number of rotatable bonds is 8. The van der Waals surface area contributed by atoms with Gasteiger partial charge in [-0.05, 0) is 19.4 Å². The summed E-state index contributed by atoms with van der Waals surface area (Å²) in [5.41, 5.74) is 1.02. The molecule has 19 heavy (non-hydrogen) atoms. The number of nitrogens with one attached hydrogen (secondary N) is 1. The maximum Gasteiger partial charge on any atom is 0.203 e. The molecule has 0 aliphatic carbocycles. The van der Waals surface area contributed by atoms with Crippen molar-refractivity contribution in [2.24, 2.45) is 0 Å². The Morgan fingerprint density at radius 2 is 2.26 bits per heavy atom. The summed E-state index contributed by atoms with van der Waals surface area (Å²) in [5.74, 6) is 0.912. The van der Waals surface area contributed by atoms with E-state index in [1.165, 1.54) is 0 Å². The Balaban J connectivity index is 1.78. The van der Waals surface area contributed by atoms with E-state index in [0.717, 1.165) is 37.7 Å². The number of aryl methyl sites for hydroxylation is 2. The van der Waals surface area contributed by atoms with Gasteiger partial charge in [0.25, 0.3) is 0 Å². The quantitative estimate of drug-likeness (QED) is 0.734. The van der Waals surface area contributed by atoms with Gasteiger partial charge in [0.2, 0.25) is 5.95 Å². The van der Waals surface area contributed by atoms with Crippen molar-refractivity contribution in [2.45, 2.75) is 26.4 Å². The van der Waals surface area contributed by atoms with Crippen LogP contribution in [0.4, 0.5) is 5.95 Å². The van der Waals surface area contributed by atoms with Gasteiger partial charge in [-0.3, -0.25) is 4.68 Å². The normalized spacial score (nSPS) is 10.8. The second-order valence-electron chi connectivity index (χ2n) is 4.44. The fourth-order valence-electron chi connectivity index (χ4n) is 1.92. The summed E-state index contributed by atoms with van der Waals surface area (Å²) in [6, 6.07) is 1.94. The molecule has 2 heterocycles. The molecular formula is C13H21N5O. The van der Waals surface area contributed by atoms with Crippen molar-refractivity contribution in [1.82, 2.24) is 19.3 Å². The average Bonchev–Trinajstić information content (AvgIpc) is 3.02. The van der Waals surface area contributed by atoms with E-state index in [1.54, 1.807) is 13.3 Å². The van der Waals surface area contributed by atoms with Crippen molar-refractivity contribution in [2.75, 3.05) is 25.6 Å². The first-order valence-electron chi connectivity index (χ1n) is 6.53. The Kier molecular flexibility index (Phi) is 4.97. The molecule has 1 N–H and O–H groups in total. The highest BCUT2D eigenvalue weighted by molar-refractivity contribution is 5.28. The van der Waals surface area contributed by atoms with Crippen LogP contribution in [0.5, 0.6) is 0 Å². The first kappa shape index (κ1) is 13.6. The molecule has 2 aromatic heterocycles. The Morgan fingerprint density at radius 3 is 3.00 bits per heavy atom. The van der Waals surface area contributed by atoms with E-state index in [4.69, 9.17) is 4.74 Å². The largest absolute Gasteiger partial charge is 0.383 e. The lowest BCUT2D eigenvalue weighted by Crippen LogP contribution is -2.12. The van der Waals surface area contributed by atoms with Gasteiger partial charge in [0.05, 0.1) is 12.3 Å². The highest BCUT2D eigenvalue weighted by atomic mass is 16.5. The van der Waals surface area contributed by atoms with Crippen molar-refractivity contribution in [3.63, 3.8) is 0 Å². The summed E-state index contributed by atoms with van der Waals surface area (Å²) in [7, 11) is 1.71. The molecule has 2 aromatic rings. The highest BCUT2D eigenvalue weighted by Crippen LogP contribution is 2.08. The summed E-state index contributed by atoms with van der Waals surface area (Å²) < 4.78 is 9.12. The van der Waals surface area contributed by atoms with Gasteiger partial charge in [-0.25, -0.2) is 4.98 Å². The second kappa shape index (κ2) is 6.94. The molecule has 0 spiro atoms. The molecule has 0 fully saturated rings. The third-order valence-corrected chi connectivity index (χ3v) is 2.84. The summed E-state index contributed by atoms with van der Waals surface area (Å²) in [5, 5.41) is 7.54. The van der Waals surface area contributed by atoms with Gasteiger partial charge in [-0.1, -0.05) is 0 Å². The van der Waals surface area contributed by atoms with Crippen LogP contribution in [0.25, 0.3) is 0 Å². The van der Waals surface area contributed by atoms with Gasteiger partial charge < -0.3 is 14.6 Å². The van der Waals surface area contributed by atoms with Crippen molar-refractivity contribution < 1.29 is 4.74 Å². The molecule has 6 nitrogen and oxygen atoms in total. The Hall–Kier alpha value is -1.82. The number of nitrogens with zero attached hydrogens (tertiary/aromatic N) is 4. The van der Waals surface area contributed by atoms with Crippen LogP contribution in [0.2, 0.25) is 0 Å². The van der Waals surface area contributed by atoms with Crippen LogP contribution in [-0.4, -0.2) is 39.6 Å². The lowest BCUT2D eigenvalue weighted by atomic mass is 10.4. The minimum atomic E-state index is 0.692. The first-order chi connectivity index (χ1) is 9.29. The molecule has 0 atom stereocenters. The van der Waals surface area contributed by atoms with E-state index in [1.807, 2.05) is 30.1 Å². The molecule has 0 unspecified atom stereocenters. The molecule has 0 amide bonds. The molecule has 0 aliphatic heterocycles. The van der Waals surface area contributed by atoms with Gasteiger partial charge in [-0.15, -0.1) is 0 Å². The Bertz CT molecular complexity index is 477. The lowest BCUT2D eigenvalue weighted by molar-refractivity contribution is 0.187. The predicted molar refractivity (Wildman–Crippen MR) is 74.2 cm³/mol. The fraction of sp³-hybridized carbons (Fsp3) is 0.538. The maximum atomic E-state index is 5.10. The number of hydrogen-bond acceptors (Lipinski definition) is 4. The summed E-state index contributed by atoms with van der Waals surface area (Å²) in [6.45, 7) is 5.30. The monoisotopic (exact) mass is 263 g/mol. The molecule has 0 aliphatic rings. The minimum Gasteiger partial charge on any atom is -0.383 e. The van der Waals surface area contributed by atoms with E-state index in [-0.39, 0.29) is 0 Å².